The van der Waals surface area contributed by atoms with Gasteiger partial charge in [0.15, 0.2) is 0 Å². The summed E-state index contributed by atoms with van der Waals surface area (Å²) in [5, 5.41) is 15.7. The van der Waals surface area contributed by atoms with Gasteiger partial charge in [-0.1, -0.05) is 112 Å². The molecule has 0 aliphatic heterocycles. The Morgan fingerprint density at radius 2 is 1.21 bits per heavy atom. The van der Waals surface area contributed by atoms with Crippen LogP contribution in [0.2, 0.25) is 18.1 Å². The molecule has 6 nitrogen and oxygen atoms in total. The van der Waals surface area contributed by atoms with Gasteiger partial charge < -0.3 is 23.8 Å². The zero-order valence-electron chi connectivity index (χ0n) is 23.8. The van der Waals surface area contributed by atoms with Crippen LogP contribution < -0.4 is 0 Å². The van der Waals surface area contributed by atoms with Gasteiger partial charge in [-0.05, 0) is 34.8 Å². The number of nitrogens with zero attached hydrogens (tertiary/aromatic N) is 1. The second-order valence-corrected chi connectivity index (χ2v) is 15.9. The summed E-state index contributed by atoms with van der Waals surface area (Å²) >= 11 is 0. The van der Waals surface area contributed by atoms with Crippen LogP contribution in [-0.4, -0.2) is 44.6 Å². The molecule has 39 heavy (non-hydrogen) atoms. The Balaban J connectivity index is 1.79. The van der Waals surface area contributed by atoms with Crippen molar-refractivity contribution in [2.24, 2.45) is 5.16 Å². The van der Waals surface area contributed by atoms with Crippen molar-refractivity contribution in [3.8, 4) is 0 Å². The molecule has 3 atom stereocenters. The maximum atomic E-state index is 11.3. The molecular weight excluding hydrogens is 506 g/mol. The fourth-order valence-electron chi connectivity index (χ4n) is 3.51. The largest absolute Gasteiger partial charge is 0.455 e. The van der Waals surface area contributed by atoms with Crippen LogP contribution in [-0.2, 0) is 38.6 Å². The van der Waals surface area contributed by atoms with E-state index in [1.807, 2.05) is 91.0 Å². The maximum Gasteiger partial charge on any atom is 0.286 e. The number of ether oxygens (including phenoxy) is 3. The molecule has 7 heteroatoms. The van der Waals surface area contributed by atoms with Gasteiger partial charge in [0.1, 0.15) is 18.3 Å². The summed E-state index contributed by atoms with van der Waals surface area (Å²) in [4.78, 5) is 0. The summed E-state index contributed by atoms with van der Waals surface area (Å²) in [6, 6.07) is 29.7. The van der Waals surface area contributed by atoms with E-state index in [1.165, 1.54) is 0 Å². The molecule has 3 rings (SSSR count). The highest BCUT2D eigenvalue weighted by molar-refractivity contribution is 6.74. The van der Waals surface area contributed by atoms with Gasteiger partial charge in [-0.25, -0.2) is 0 Å². The molecule has 3 aromatic rings. The summed E-state index contributed by atoms with van der Waals surface area (Å²) in [5.74, 6) is 0. The van der Waals surface area contributed by atoms with Crippen LogP contribution in [0.4, 0.5) is 0 Å². The Labute approximate surface area is 234 Å². The predicted molar refractivity (Wildman–Crippen MR) is 159 cm³/mol. The van der Waals surface area contributed by atoms with Crippen molar-refractivity contribution in [3.05, 3.63) is 108 Å². The SMILES string of the molecule is CC(C)(C)[Si](C)(C)O/N=C/[C@H](OCc1ccccc1)[C@@H](OCc1ccccc1)[C@@H](O)COCc1ccccc1. The lowest BCUT2D eigenvalue weighted by atomic mass is 10.1. The topological polar surface area (TPSA) is 69.5 Å². The van der Waals surface area contributed by atoms with E-state index >= 15 is 0 Å². The molecule has 1 N–H and O–H groups in total. The van der Waals surface area contributed by atoms with Crippen LogP contribution in [0.25, 0.3) is 0 Å². The number of rotatable bonds is 15. The third-order valence-electron chi connectivity index (χ3n) is 6.97. The van der Waals surface area contributed by atoms with E-state index in [0.29, 0.717) is 19.8 Å². The average Bonchev–Trinajstić information content (AvgIpc) is 2.92. The standard InChI is InChI=1S/C32H43NO5Si/c1-32(2,3)39(4,5)38-33-21-30(36-23-27-17-11-7-12-18-27)31(37-24-28-19-13-8-14-20-28)29(34)25-35-22-26-15-9-6-10-16-26/h6-21,29-31,34H,22-25H2,1-5H3/b33-21+/t29-,30-,31-/m0/s1. The first-order chi connectivity index (χ1) is 18.7. The van der Waals surface area contributed by atoms with Gasteiger partial charge in [0.05, 0.1) is 32.6 Å². The molecule has 210 valence electrons. The van der Waals surface area contributed by atoms with Crippen molar-refractivity contribution in [1.29, 1.82) is 0 Å². The Kier molecular flexibility index (Phi) is 11.9. The number of oxime groups is 1. The lowest BCUT2D eigenvalue weighted by molar-refractivity contribution is -0.127. The minimum atomic E-state index is -2.13. The van der Waals surface area contributed by atoms with E-state index < -0.39 is 26.6 Å². The Morgan fingerprint density at radius 3 is 1.69 bits per heavy atom. The third kappa shape index (κ3) is 10.4. The molecular formula is C32H43NO5Si. The van der Waals surface area contributed by atoms with Crippen molar-refractivity contribution >= 4 is 14.5 Å². The highest BCUT2D eigenvalue weighted by atomic mass is 28.4. The van der Waals surface area contributed by atoms with Gasteiger partial charge in [0.2, 0.25) is 0 Å². The lowest BCUT2D eigenvalue weighted by Crippen LogP contribution is -2.45. The van der Waals surface area contributed by atoms with Crippen LogP contribution in [0.5, 0.6) is 0 Å². The fraction of sp³-hybridized carbons (Fsp3) is 0.406. The van der Waals surface area contributed by atoms with Crippen LogP contribution in [0, 0.1) is 0 Å². The normalized spacial score (nSPS) is 14.7. The van der Waals surface area contributed by atoms with Gasteiger partial charge in [-0.15, -0.1) is 5.16 Å². The molecule has 0 fully saturated rings. The van der Waals surface area contributed by atoms with Gasteiger partial charge in [0.25, 0.3) is 8.32 Å². The molecule has 0 heterocycles. The van der Waals surface area contributed by atoms with Crippen molar-refractivity contribution in [2.75, 3.05) is 6.61 Å². The highest BCUT2D eigenvalue weighted by Gasteiger charge is 2.40. The summed E-state index contributed by atoms with van der Waals surface area (Å²) in [7, 11) is -2.13. The second-order valence-electron chi connectivity index (χ2n) is 11.2. The fourth-order valence-corrected chi connectivity index (χ4v) is 4.10. The molecule has 0 aromatic heterocycles. The van der Waals surface area contributed by atoms with Gasteiger partial charge in [0, 0.05) is 0 Å². The van der Waals surface area contributed by atoms with Crippen LogP contribution in [0.15, 0.2) is 96.2 Å². The zero-order chi connectivity index (χ0) is 28.1. The quantitative estimate of drug-likeness (QED) is 0.129. The number of hydrogen-bond donors (Lipinski definition) is 1. The van der Waals surface area contributed by atoms with Crippen LogP contribution in [0.3, 0.4) is 0 Å². The number of hydrogen-bond acceptors (Lipinski definition) is 6. The van der Waals surface area contributed by atoms with Crippen molar-refractivity contribution in [2.45, 2.75) is 77.0 Å². The van der Waals surface area contributed by atoms with E-state index in [4.69, 9.17) is 18.7 Å². The molecule has 0 aliphatic rings. The average molecular weight is 550 g/mol. The Morgan fingerprint density at radius 1 is 0.744 bits per heavy atom. The molecule has 0 aliphatic carbocycles. The summed E-state index contributed by atoms with van der Waals surface area (Å²) in [6.07, 6.45) is -0.748. The monoisotopic (exact) mass is 549 g/mol. The van der Waals surface area contributed by atoms with E-state index in [2.05, 4.69) is 39.0 Å². The summed E-state index contributed by atoms with van der Waals surface area (Å²) in [6.45, 7) is 11.9. The van der Waals surface area contributed by atoms with E-state index in [1.54, 1.807) is 6.21 Å². The van der Waals surface area contributed by atoms with Crippen molar-refractivity contribution in [3.63, 3.8) is 0 Å². The first-order valence-corrected chi connectivity index (χ1v) is 16.4. The summed E-state index contributed by atoms with van der Waals surface area (Å²) in [5.41, 5.74) is 3.04. The maximum absolute atomic E-state index is 11.3. The number of aliphatic hydroxyl groups excluding tert-OH is 1. The highest BCUT2D eigenvalue weighted by Crippen LogP contribution is 2.36. The van der Waals surface area contributed by atoms with Crippen molar-refractivity contribution < 1.29 is 23.8 Å². The summed E-state index contributed by atoms with van der Waals surface area (Å²) < 4.78 is 24.6. The molecule has 0 saturated heterocycles. The van der Waals surface area contributed by atoms with Gasteiger partial charge in [-0.2, -0.15) is 0 Å². The molecule has 0 bridgehead atoms. The molecule has 3 aromatic carbocycles. The molecule has 0 saturated carbocycles. The molecule has 0 radical (unpaired) electrons. The van der Waals surface area contributed by atoms with E-state index in [0.717, 1.165) is 16.7 Å². The minimum absolute atomic E-state index is 0.00125. The van der Waals surface area contributed by atoms with Gasteiger partial charge in [-0.3, -0.25) is 0 Å². The van der Waals surface area contributed by atoms with Crippen LogP contribution >= 0.6 is 0 Å². The Bertz CT molecular complexity index is 1100. The second kappa shape index (κ2) is 15.1. The number of benzene rings is 3. The number of aliphatic hydroxyl groups is 1. The Hall–Kier alpha value is -2.81. The molecule has 0 spiro atoms. The smallest absolute Gasteiger partial charge is 0.286 e. The first-order valence-electron chi connectivity index (χ1n) is 13.5. The first kappa shape index (κ1) is 30.7. The molecule has 0 amide bonds. The lowest BCUT2D eigenvalue weighted by Gasteiger charge is -2.33. The zero-order valence-corrected chi connectivity index (χ0v) is 24.8. The third-order valence-corrected chi connectivity index (χ3v) is 11.1. The van der Waals surface area contributed by atoms with E-state index in [-0.39, 0.29) is 11.6 Å². The minimum Gasteiger partial charge on any atom is -0.455 e. The molecule has 0 unspecified atom stereocenters. The van der Waals surface area contributed by atoms with E-state index in [9.17, 15) is 5.11 Å². The van der Waals surface area contributed by atoms with Gasteiger partial charge >= 0.3 is 0 Å². The van der Waals surface area contributed by atoms with Crippen LogP contribution in [0.1, 0.15) is 37.5 Å². The predicted octanol–water partition coefficient (Wildman–Crippen LogP) is 6.74. The van der Waals surface area contributed by atoms with Crippen molar-refractivity contribution in [1.82, 2.24) is 0 Å².